The highest BCUT2D eigenvalue weighted by molar-refractivity contribution is 6.74. The molecule has 1 fully saturated rings. The maximum Gasteiger partial charge on any atom is 0.407 e. The topological polar surface area (TPSA) is 118 Å². The Morgan fingerprint density at radius 3 is 2.24 bits per heavy atom. The first-order valence-corrected chi connectivity index (χ1v) is 14.7. The van der Waals surface area contributed by atoms with E-state index in [1.807, 2.05) is 12.1 Å². The molecule has 0 radical (unpaired) electrons. The van der Waals surface area contributed by atoms with E-state index in [1.54, 1.807) is 6.07 Å². The predicted octanol–water partition coefficient (Wildman–Crippen LogP) is 5.47. The van der Waals surface area contributed by atoms with Crippen LogP contribution in [0, 0.1) is 5.41 Å². The molecule has 4 N–H and O–H groups in total. The Bertz CT molecular complexity index is 1030. The molecule has 9 heteroatoms. The second kappa shape index (κ2) is 8.52. The number of rotatable bonds is 3. The van der Waals surface area contributed by atoms with Crippen molar-refractivity contribution < 1.29 is 24.3 Å². The van der Waals surface area contributed by atoms with Gasteiger partial charge in [0, 0.05) is 37.1 Å². The number of carbonyl (C=O) groups is 1. The summed E-state index contributed by atoms with van der Waals surface area (Å²) in [6, 6.07) is 5.46. The molecule has 3 rings (SSSR count). The highest BCUT2D eigenvalue weighted by Crippen LogP contribution is 2.54. The van der Waals surface area contributed by atoms with Gasteiger partial charge >= 0.3 is 6.09 Å². The fraction of sp³-hybridized carbons (Fsp3) is 0.600. The third-order valence-corrected chi connectivity index (χ3v) is 11.7. The molecule has 2 heterocycles. The van der Waals surface area contributed by atoms with Crippen molar-refractivity contribution in [3.63, 3.8) is 0 Å². The van der Waals surface area contributed by atoms with Crippen LogP contribution in [0.1, 0.15) is 65.5 Å². The molecule has 34 heavy (non-hydrogen) atoms. The van der Waals surface area contributed by atoms with E-state index >= 15 is 0 Å². The van der Waals surface area contributed by atoms with E-state index in [0.29, 0.717) is 37.2 Å². The van der Waals surface area contributed by atoms with Gasteiger partial charge in [0.05, 0.1) is 5.56 Å². The van der Waals surface area contributed by atoms with Crippen LogP contribution >= 0.6 is 0 Å². The Kier molecular flexibility index (Phi) is 6.49. The zero-order valence-corrected chi connectivity index (χ0v) is 22.7. The van der Waals surface area contributed by atoms with E-state index in [2.05, 4.69) is 59.8 Å². The molecular weight excluding hydrogens is 450 g/mol. The van der Waals surface area contributed by atoms with Gasteiger partial charge in [-0.05, 0) is 41.7 Å². The van der Waals surface area contributed by atoms with Crippen LogP contribution < -0.4 is 10.5 Å². The van der Waals surface area contributed by atoms with E-state index in [1.165, 1.54) is 4.90 Å². The molecule has 0 atom stereocenters. The van der Waals surface area contributed by atoms with Crippen LogP contribution in [0.15, 0.2) is 28.9 Å². The average Bonchev–Trinajstić information content (AvgIpc) is 2.71. The third-order valence-electron chi connectivity index (χ3n) is 7.37. The molecule has 8 nitrogen and oxygen atoms in total. The summed E-state index contributed by atoms with van der Waals surface area (Å²) in [7, 11) is -2.27. The van der Waals surface area contributed by atoms with Crippen molar-refractivity contribution in [3.05, 3.63) is 34.9 Å². The Labute approximate surface area is 203 Å². The average molecular weight is 490 g/mol. The Balaban J connectivity index is 2.29. The predicted molar refractivity (Wildman–Crippen MR) is 136 cm³/mol. The SMILES string of the molecule is CC(C)(C)C1=C(O[Si](C)(C)C(C)(C)C)c2cc(C(N)=NO)ccc2OC12CCN(C(=O)O)CC2. The normalized spacial score (nSPS) is 19.1. The van der Waals surface area contributed by atoms with Gasteiger partial charge in [-0.1, -0.05) is 46.7 Å². The lowest BCUT2D eigenvalue weighted by Crippen LogP contribution is -2.54. The number of amides is 1. The number of hydrogen-bond acceptors (Lipinski definition) is 5. The Hall–Kier alpha value is -2.68. The quantitative estimate of drug-likeness (QED) is 0.170. The number of oxime groups is 1. The molecule has 1 saturated heterocycles. The van der Waals surface area contributed by atoms with Crippen molar-refractivity contribution in [1.29, 1.82) is 0 Å². The summed E-state index contributed by atoms with van der Waals surface area (Å²) in [5.41, 5.74) is 7.33. The van der Waals surface area contributed by atoms with E-state index in [0.717, 1.165) is 16.9 Å². The number of carboxylic acid groups (broad SMARTS) is 1. The molecule has 1 aromatic carbocycles. The standard InChI is InChI=1S/C25H39N3O5Si/c1-23(2,3)20-19(33-34(7,8)24(4,5)6)17-15-16(21(26)27-31)9-10-18(17)32-25(20)11-13-28(14-12-25)22(29)30/h9-10,15,31H,11-14H2,1-8H3,(H2,26,27)(H,29,30). The summed E-state index contributed by atoms with van der Waals surface area (Å²) in [4.78, 5) is 13.0. The number of piperidine rings is 1. The van der Waals surface area contributed by atoms with Gasteiger partial charge in [0.15, 0.2) is 5.84 Å². The number of nitrogens with two attached hydrogens (primary N) is 1. The lowest BCUT2D eigenvalue weighted by molar-refractivity contribution is 0.0160. The maximum absolute atomic E-state index is 11.6. The molecule has 0 unspecified atom stereocenters. The van der Waals surface area contributed by atoms with Crippen LogP contribution in [0.3, 0.4) is 0 Å². The van der Waals surface area contributed by atoms with Crippen molar-refractivity contribution in [3.8, 4) is 5.75 Å². The van der Waals surface area contributed by atoms with Gasteiger partial charge in [0.1, 0.15) is 17.1 Å². The molecule has 0 aromatic heterocycles. The van der Waals surface area contributed by atoms with Crippen molar-refractivity contribution >= 4 is 26.0 Å². The minimum atomic E-state index is -2.27. The number of ether oxygens (including phenoxy) is 1. The zero-order chi connectivity index (χ0) is 25.7. The third kappa shape index (κ3) is 4.62. The minimum Gasteiger partial charge on any atom is -0.543 e. The maximum atomic E-state index is 11.6. The first-order chi connectivity index (χ1) is 15.5. The van der Waals surface area contributed by atoms with Crippen LogP contribution in [0.4, 0.5) is 4.79 Å². The van der Waals surface area contributed by atoms with Gasteiger partial charge in [0.2, 0.25) is 0 Å². The lowest BCUT2D eigenvalue weighted by atomic mass is 9.69. The molecule has 1 aromatic rings. The molecule has 2 aliphatic rings. The van der Waals surface area contributed by atoms with Gasteiger partial charge in [-0.15, -0.1) is 0 Å². The molecule has 188 valence electrons. The summed E-state index contributed by atoms with van der Waals surface area (Å²) >= 11 is 0. The number of likely N-dealkylation sites (tertiary alicyclic amines) is 1. The van der Waals surface area contributed by atoms with Crippen LogP contribution in [0.25, 0.3) is 5.76 Å². The lowest BCUT2D eigenvalue weighted by Gasteiger charge is -2.51. The second-order valence-corrected chi connectivity index (χ2v) is 16.6. The number of benzene rings is 1. The molecule has 1 amide bonds. The number of nitrogens with zero attached hydrogens (tertiary/aromatic N) is 2. The van der Waals surface area contributed by atoms with Crippen LogP contribution in [0.5, 0.6) is 5.75 Å². The van der Waals surface area contributed by atoms with Crippen molar-refractivity contribution in [2.75, 3.05) is 13.1 Å². The van der Waals surface area contributed by atoms with Gasteiger partial charge in [-0.2, -0.15) is 0 Å². The van der Waals surface area contributed by atoms with Crippen LogP contribution in [-0.2, 0) is 4.43 Å². The van der Waals surface area contributed by atoms with E-state index in [4.69, 9.17) is 14.9 Å². The van der Waals surface area contributed by atoms with E-state index in [9.17, 15) is 15.1 Å². The summed E-state index contributed by atoms with van der Waals surface area (Å²) < 4.78 is 13.8. The molecule has 0 bridgehead atoms. The van der Waals surface area contributed by atoms with Crippen molar-refractivity contribution in [1.82, 2.24) is 4.90 Å². The van der Waals surface area contributed by atoms with Gasteiger partial charge in [-0.25, -0.2) is 4.79 Å². The molecule has 0 saturated carbocycles. The van der Waals surface area contributed by atoms with Gasteiger partial charge in [-0.3, -0.25) is 0 Å². The summed E-state index contributed by atoms with van der Waals surface area (Å²) in [6.45, 7) is 18.2. The van der Waals surface area contributed by atoms with E-state index < -0.39 is 20.0 Å². The number of amidine groups is 1. The van der Waals surface area contributed by atoms with Gasteiger partial charge < -0.3 is 30.1 Å². The fourth-order valence-electron chi connectivity index (χ4n) is 4.57. The second-order valence-electron chi connectivity index (χ2n) is 11.9. The van der Waals surface area contributed by atoms with Crippen molar-refractivity contribution in [2.45, 2.75) is 78.1 Å². The minimum absolute atomic E-state index is 0.0156. The van der Waals surface area contributed by atoms with Gasteiger partial charge in [0.25, 0.3) is 8.32 Å². The first-order valence-electron chi connectivity index (χ1n) is 11.8. The largest absolute Gasteiger partial charge is 0.543 e. The molecule has 0 aliphatic carbocycles. The monoisotopic (exact) mass is 489 g/mol. The summed E-state index contributed by atoms with van der Waals surface area (Å²) in [6.07, 6.45) is 0.170. The summed E-state index contributed by atoms with van der Waals surface area (Å²) in [5, 5.41) is 21.9. The molecule has 2 aliphatic heterocycles. The zero-order valence-electron chi connectivity index (χ0n) is 21.7. The number of hydrogen-bond donors (Lipinski definition) is 3. The Morgan fingerprint density at radius 2 is 1.76 bits per heavy atom. The van der Waals surface area contributed by atoms with Crippen LogP contribution in [-0.4, -0.2) is 54.2 Å². The smallest absolute Gasteiger partial charge is 0.407 e. The van der Waals surface area contributed by atoms with Crippen molar-refractivity contribution in [2.24, 2.45) is 16.3 Å². The fourth-order valence-corrected chi connectivity index (χ4v) is 5.59. The van der Waals surface area contributed by atoms with Crippen LogP contribution in [0.2, 0.25) is 18.1 Å². The summed E-state index contributed by atoms with van der Waals surface area (Å²) in [5.74, 6) is 1.47. The highest BCUT2D eigenvalue weighted by atomic mass is 28.4. The Morgan fingerprint density at radius 1 is 1.18 bits per heavy atom. The first kappa shape index (κ1) is 25.9. The molecule has 1 spiro atoms. The number of fused-ring (bicyclic) bond motifs is 1. The highest BCUT2D eigenvalue weighted by Gasteiger charge is 2.52. The van der Waals surface area contributed by atoms with E-state index in [-0.39, 0.29) is 16.3 Å². The molecular formula is C25H39N3O5Si.